The lowest BCUT2D eigenvalue weighted by Crippen LogP contribution is -2.45. The van der Waals surface area contributed by atoms with Gasteiger partial charge in [0.25, 0.3) is 0 Å². The van der Waals surface area contributed by atoms with Gasteiger partial charge in [0, 0.05) is 20.2 Å². The number of hydrogen-bond acceptors (Lipinski definition) is 3. The fourth-order valence-corrected chi connectivity index (χ4v) is 1.48. The van der Waals surface area contributed by atoms with E-state index in [0.29, 0.717) is 13.1 Å². The first-order valence-corrected chi connectivity index (χ1v) is 6.82. The number of aliphatic imine (C=N–C) groups is 1. The van der Waals surface area contributed by atoms with Crippen molar-refractivity contribution in [2.75, 3.05) is 20.2 Å². The van der Waals surface area contributed by atoms with Gasteiger partial charge in [0.2, 0.25) is 0 Å². The molecular formula is C15H25N3O2. The zero-order valence-corrected chi connectivity index (χ0v) is 12.7. The van der Waals surface area contributed by atoms with Crippen molar-refractivity contribution < 1.29 is 9.84 Å². The Kier molecular flexibility index (Phi) is 6.31. The summed E-state index contributed by atoms with van der Waals surface area (Å²) in [5.41, 5.74) is 0.806. The van der Waals surface area contributed by atoms with Crippen LogP contribution in [0.2, 0.25) is 0 Å². The molecule has 0 aromatic heterocycles. The molecule has 0 aliphatic rings. The second kappa shape index (κ2) is 7.75. The second-order valence-electron chi connectivity index (χ2n) is 5.18. The quantitative estimate of drug-likeness (QED) is 0.549. The van der Waals surface area contributed by atoms with Gasteiger partial charge in [-0.2, -0.15) is 0 Å². The van der Waals surface area contributed by atoms with Crippen LogP contribution in [-0.4, -0.2) is 36.9 Å². The average molecular weight is 279 g/mol. The molecule has 1 aromatic carbocycles. The predicted molar refractivity (Wildman–Crippen MR) is 82.0 cm³/mol. The number of phenolic OH excluding ortho intramolecular Hbond substituents is 1. The molecule has 0 unspecified atom stereocenters. The molecule has 0 atom stereocenters. The maximum atomic E-state index is 9.24. The number of methoxy groups -OCH3 is 1. The van der Waals surface area contributed by atoms with Crippen LogP contribution in [0, 0.1) is 0 Å². The Hall–Kier alpha value is -1.75. The molecule has 0 spiro atoms. The summed E-state index contributed by atoms with van der Waals surface area (Å²) in [7, 11) is 1.70. The highest BCUT2D eigenvalue weighted by Gasteiger charge is 2.16. The zero-order chi connectivity index (χ0) is 15.0. The van der Waals surface area contributed by atoms with Crippen molar-refractivity contribution in [2.45, 2.75) is 32.9 Å². The van der Waals surface area contributed by atoms with E-state index in [-0.39, 0.29) is 11.4 Å². The van der Waals surface area contributed by atoms with Gasteiger partial charge in [-0.05, 0) is 38.5 Å². The summed E-state index contributed by atoms with van der Waals surface area (Å²) in [5, 5.41) is 15.7. The van der Waals surface area contributed by atoms with Crippen LogP contribution >= 0.6 is 0 Å². The molecule has 112 valence electrons. The lowest BCUT2D eigenvalue weighted by molar-refractivity contribution is 0.0268. The molecule has 0 heterocycles. The molecule has 1 aromatic rings. The van der Waals surface area contributed by atoms with E-state index < -0.39 is 0 Å². The molecule has 3 N–H and O–H groups in total. The van der Waals surface area contributed by atoms with Crippen LogP contribution in [-0.2, 0) is 11.3 Å². The molecule has 0 saturated heterocycles. The number of ether oxygens (including phenoxy) is 1. The SMILES string of the molecule is CCNC(=NCc1ccc(O)cc1)NCC(C)(C)OC. The molecule has 20 heavy (non-hydrogen) atoms. The van der Waals surface area contributed by atoms with Crippen molar-refractivity contribution in [3.8, 4) is 5.75 Å². The molecule has 0 fully saturated rings. The Balaban J connectivity index is 2.60. The minimum atomic E-state index is -0.241. The Morgan fingerprint density at radius 3 is 2.45 bits per heavy atom. The van der Waals surface area contributed by atoms with Crippen molar-refractivity contribution >= 4 is 5.96 Å². The largest absolute Gasteiger partial charge is 0.508 e. The Labute approximate surface area is 121 Å². The summed E-state index contributed by atoms with van der Waals surface area (Å²) in [6, 6.07) is 7.06. The highest BCUT2D eigenvalue weighted by Crippen LogP contribution is 2.10. The number of hydrogen-bond donors (Lipinski definition) is 3. The third-order valence-corrected chi connectivity index (χ3v) is 2.93. The van der Waals surface area contributed by atoms with E-state index in [1.54, 1.807) is 19.2 Å². The number of rotatable bonds is 6. The predicted octanol–water partition coefficient (Wildman–Crippen LogP) is 1.87. The fourth-order valence-electron chi connectivity index (χ4n) is 1.48. The van der Waals surface area contributed by atoms with Crippen LogP contribution in [0.1, 0.15) is 26.3 Å². The van der Waals surface area contributed by atoms with Gasteiger partial charge in [0.1, 0.15) is 5.75 Å². The summed E-state index contributed by atoms with van der Waals surface area (Å²) in [5.74, 6) is 1.02. The van der Waals surface area contributed by atoms with Gasteiger partial charge in [-0.3, -0.25) is 0 Å². The summed E-state index contributed by atoms with van der Waals surface area (Å²) >= 11 is 0. The maximum Gasteiger partial charge on any atom is 0.191 e. The molecule has 0 amide bonds. The zero-order valence-electron chi connectivity index (χ0n) is 12.7. The highest BCUT2D eigenvalue weighted by molar-refractivity contribution is 5.79. The maximum absolute atomic E-state index is 9.24. The molecule has 0 aliphatic heterocycles. The van der Waals surface area contributed by atoms with Gasteiger partial charge in [-0.25, -0.2) is 4.99 Å². The van der Waals surface area contributed by atoms with Crippen LogP contribution < -0.4 is 10.6 Å². The standard InChI is InChI=1S/C15H25N3O2/c1-5-16-14(18-11-15(2,3)20-4)17-10-12-6-8-13(19)9-7-12/h6-9,19H,5,10-11H2,1-4H3,(H2,16,17,18). The van der Waals surface area contributed by atoms with Crippen molar-refractivity contribution in [2.24, 2.45) is 4.99 Å². The first kappa shape index (κ1) is 16.3. The molecule has 0 aliphatic carbocycles. The van der Waals surface area contributed by atoms with Gasteiger partial charge in [0.05, 0.1) is 12.1 Å². The van der Waals surface area contributed by atoms with E-state index in [2.05, 4.69) is 15.6 Å². The summed E-state index contributed by atoms with van der Waals surface area (Å²) in [6.45, 7) is 8.09. The van der Waals surface area contributed by atoms with Gasteiger partial charge in [-0.1, -0.05) is 12.1 Å². The molecule has 1 rings (SSSR count). The van der Waals surface area contributed by atoms with E-state index in [9.17, 15) is 5.11 Å². The molecule has 0 saturated carbocycles. The number of benzene rings is 1. The minimum absolute atomic E-state index is 0.241. The molecule has 0 bridgehead atoms. The van der Waals surface area contributed by atoms with Gasteiger partial charge in [-0.15, -0.1) is 0 Å². The molecule has 0 radical (unpaired) electrons. The second-order valence-corrected chi connectivity index (χ2v) is 5.18. The molecule has 5 heteroatoms. The van der Waals surface area contributed by atoms with Crippen molar-refractivity contribution in [1.29, 1.82) is 0 Å². The number of phenols is 1. The smallest absolute Gasteiger partial charge is 0.191 e. The first-order chi connectivity index (χ1) is 9.46. The van der Waals surface area contributed by atoms with Crippen molar-refractivity contribution in [3.63, 3.8) is 0 Å². The van der Waals surface area contributed by atoms with E-state index in [1.807, 2.05) is 32.9 Å². The third kappa shape index (κ3) is 5.93. The lowest BCUT2D eigenvalue weighted by atomic mass is 10.1. The van der Waals surface area contributed by atoms with Crippen molar-refractivity contribution in [3.05, 3.63) is 29.8 Å². The average Bonchev–Trinajstić information content (AvgIpc) is 2.44. The number of nitrogens with zero attached hydrogens (tertiary/aromatic N) is 1. The van der Waals surface area contributed by atoms with Crippen LogP contribution in [0.3, 0.4) is 0 Å². The highest BCUT2D eigenvalue weighted by atomic mass is 16.5. The van der Waals surface area contributed by atoms with Gasteiger partial charge < -0.3 is 20.5 Å². The lowest BCUT2D eigenvalue weighted by Gasteiger charge is -2.24. The van der Waals surface area contributed by atoms with Crippen LogP contribution in [0.4, 0.5) is 0 Å². The van der Waals surface area contributed by atoms with E-state index >= 15 is 0 Å². The minimum Gasteiger partial charge on any atom is -0.508 e. The number of nitrogens with one attached hydrogen (secondary N) is 2. The molecule has 5 nitrogen and oxygen atoms in total. The van der Waals surface area contributed by atoms with Gasteiger partial charge in [0.15, 0.2) is 5.96 Å². The summed E-state index contributed by atoms with van der Waals surface area (Å²) < 4.78 is 5.37. The number of guanidine groups is 1. The third-order valence-electron chi connectivity index (χ3n) is 2.93. The van der Waals surface area contributed by atoms with Crippen LogP contribution in [0.25, 0.3) is 0 Å². The summed E-state index contributed by atoms with van der Waals surface area (Å²) in [6.07, 6.45) is 0. The van der Waals surface area contributed by atoms with Crippen LogP contribution in [0.15, 0.2) is 29.3 Å². The Morgan fingerprint density at radius 2 is 1.90 bits per heavy atom. The van der Waals surface area contributed by atoms with Crippen molar-refractivity contribution in [1.82, 2.24) is 10.6 Å². The number of aromatic hydroxyl groups is 1. The topological polar surface area (TPSA) is 65.9 Å². The first-order valence-electron chi connectivity index (χ1n) is 6.82. The normalized spacial score (nSPS) is 12.3. The van der Waals surface area contributed by atoms with E-state index in [4.69, 9.17) is 4.74 Å². The van der Waals surface area contributed by atoms with E-state index in [0.717, 1.165) is 18.1 Å². The fraction of sp³-hybridized carbons (Fsp3) is 0.533. The Bertz CT molecular complexity index is 427. The monoisotopic (exact) mass is 279 g/mol. The summed E-state index contributed by atoms with van der Waals surface area (Å²) in [4.78, 5) is 4.51. The van der Waals surface area contributed by atoms with E-state index in [1.165, 1.54) is 0 Å². The molecular weight excluding hydrogens is 254 g/mol. The van der Waals surface area contributed by atoms with Gasteiger partial charge >= 0.3 is 0 Å². The Morgan fingerprint density at radius 1 is 1.25 bits per heavy atom. The van der Waals surface area contributed by atoms with Crippen LogP contribution in [0.5, 0.6) is 5.75 Å².